The number of aromatic nitrogens is 2. The van der Waals surface area contributed by atoms with Gasteiger partial charge in [-0.1, -0.05) is 38.0 Å². The Kier molecular flexibility index (Phi) is 4.24. The van der Waals surface area contributed by atoms with Crippen LogP contribution in [0, 0.1) is 0 Å². The fourth-order valence-corrected chi connectivity index (χ4v) is 2.85. The van der Waals surface area contributed by atoms with Gasteiger partial charge in [-0.15, -0.1) is 0 Å². The van der Waals surface area contributed by atoms with Crippen LogP contribution in [0.25, 0.3) is 0 Å². The summed E-state index contributed by atoms with van der Waals surface area (Å²) in [5.41, 5.74) is 1.28. The van der Waals surface area contributed by atoms with Gasteiger partial charge >= 0.3 is 0 Å². The predicted molar refractivity (Wildman–Crippen MR) is 84.2 cm³/mol. The Balaban J connectivity index is 1.81. The molecule has 6 nitrogen and oxygen atoms in total. The molecule has 1 unspecified atom stereocenters. The number of rotatable bonds is 4. The molecule has 0 aliphatic carbocycles. The van der Waals surface area contributed by atoms with Crippen molar-refractivity contribution in [3.05, 3.63) is 35.0 Å². The molecule has 1 saturated heterocycles. The fraction of sp³-hybridized carbons (Fsp3) is 0.588. The van der Waals surface area contributed by atoms with Crippen molar-refractivity contribution in [2.24, 2.45) is 0 Å². The number of hydrogen-bond donors (Lipinski definition) is 0. The van der Waals surface area contributed by atoms with E-state index in [4.69, 9.17) is 9.05 Å². The summed E-state index contributed by atoms with van der Waals surface area (Å²) in [6.07, 6.45) is 1.83. The molecule has 0 spiro atoms. The average molecular weight is 317 g/mol. The van der Waals surface area contributed by atoms with Crippen molar-refractivity contribution in [2.75, 3.05) is 6.54 Å². The van der Waals surface area contributed by atoms with E-state index in [9.17, 15) is 4.79 Å². The van der Waals surface area contributed by atoms with Gasteiger partial charge in [-0.3, -0.25) is 4.79 Å². The van der Waals surface area contributed by atoms with Crippen molar-refractivity contribution in [3.63, 3.8) is 0 Å². The molecule has 0 N–H and O–H groups in total. The second-order valence-electron chi connectivity index (χ2n) is 6.73. The zero-order chi connectivity index (χ0) is 16.6. The lowest BCUT2D eigenvalue weighted by molar-refractivity contribution is 0.0704. The van der Waals surface area contributed by atoms with Crippen LogP contribution in [0.5, 0.6) is 0 Å². The number of hydrogen-bond acceptors (Lipinski definition) is 5. The van der Waals surface area contributed by atoms with Crippen LogP contribution in [0.2, 0.25) is 0 Å². The minimum atomic E-state index is -0.106. The second kappa shape index (κ2) is 6.18. The van der Waals surface area contributed by atoms with Gasteiger partial charge in [-0.25, -0.2) is 0 Å². The van der Waals surface area contributed by atoms with Gasteiger partial charge in [0.1, 0.15) is 5.76 Å². The summed E-state index contributed by atoms with van der Waals surface area (Å²) in [4.78, 5) is 14.6. The highest BCUT2D eigenvalue weighted by atomic mass is 16.5. The van der Waals surface area contributed by atoms with Crippen molar-refractivity contribution in [1.82, 2.24) is 15.2 Å². The van der Waals surface area contributed by atoms with Gasteiger partial charge < -0.3 is 13.9 Å². The number of nitrogens with zero attached hydrogens (tertiary/aromatic N) is 3. The number of carbonyl (C=O) groups is 1. The first kappa shape index (κ1) is 15.8. The van der Waals surface area contributed by atoms with Crippen LogP contribution in [-0.4, -0.2) is 27.7 Å². The summed E-state index contributed by atoms with van der Waals surface area (Å²) in [7, 11) is 0. The zero-order valence-corrected chi connectivity index (χ0v) is 14.1. The average Bonchev–Trinajstić information content (AvgIpc) is 3.24. The van der Waals surface area contributed by atoms with Crippen molar-refractivity contribution >= 4 is 5.91 Å². The highest BCUT2D eigenvalue weighted by Gasteiger charge is 2.34. The standard InChI is InChI=1S/C17H23N3O3/c1-10(2)12-8-16(23-18-12)14-6-5-7-20(14)17(21)13-9-15(11(3)4)22-19-13/h8-11,14H,5-7H2,1-4H3. The van der Waals surface area contributed by atoms with Gasteiger partial charge in [0.15, 0.2) is 11.5 Å². The molecule has 0 radical (unpaired) electrons. The van der Waals surface area contributed by atoms with E-state index in [-0.39, 0.29) is 17.9 Å². The molecule has 1 atom stereocenters. The van der Waals surface area contributed by atoms with Crippen LogP contribution >= 0.6 is 0 Å². The molecule has 0 aromatic carbocycles. The lowest BCUT2D eigenvalue weighted by atomic mass is 10.1. The largest absolute Gasteiger partial charge is 0.360 e. The Labute approximate surface area is 135 Å². The van der Waals surface area contributed by atoms with E-state index in [1.165, 1.54) is 0 Å². The second-order valence-corrected chi connectivity index (χ2v) is 6.73. The van der Waals surface area contributed by atoms with Crippen LogP contribution in [0.3, 0.4) is 0 Å². The summed E-state index contributed by atoms with van der Waals surface area (Å²) < 4.78 is 10.7. The maximum Gasteiger partial charge on any atom is 0.276 e. The Hall–Kier alpha value is -2.11. The van der Waals surface area contributed by atoms with E-state index < -0.39 is 0 Å². The minimum Gasteiger partial charge on any atom is -0.360 e. The van der Waals surface area contributed by atoms with Crippen LogP contribution in [-0.2, 0) is 0 Å². The van der Waals surface area contributed by atoms with Gasteiger partial charge in [-0.2, -0.15) is 0 Å². The molecule has 1 fully saturated rings. The molecule has 3 heterocycles. The molecule has 23 heavy (non-hydrogen) atoms. The van der Waals surface area contributed by atoms with E-state index in [1.807, 2.05) is 24.8 Å². The predicted octanol–water partition coefficient (Wildman–Crippen LogP) is 3.89. The quantitative estimate of drug-likeness (QED) is 0.855. The molecular formula is C17H23N3O3. The molecule has 1 amide bonds. The Morgan fingerprint density at radius 2 is 1.96 bits per heavy atom. The maximum absolute atomic E-state index is 12.7. The Bertz CT molecular complexity index is 687. The maximum atomic E-state index is 12.7. The number of likely N-dealkylation sites (tertiary alicyclic amines) is 1. The summed E-state index contributed by atoms with van der Waals surface area (Å²) in [5, 5.41) is 8.04. The molecule has 0 bridgehead atoms. The Morgan fingerprint density at radius 3 is 2.57 bits per heavy atom. The molecule has 6 heteroatoms. The van der Waals surface area contributed by atoms with E-state index in [0.717, 1.165) is 30.1 Å². The molecule has 124 valence electrons. The van der Waals surface area contributed by atoms with Crippen molar-refractivity contribution in [1.29, 1.82) is 0 Å². The number of amides is 1. The molecule has 1 aliphatic heterocycles. The summed E-state index contributed by atoms with van der Waals surface area (Å²) >= 11 is 0. The third kappa shape index (κ3) is 3.02. The first-order chi connectivity index (χ1) is 11.0. The topological polar surface area (TPSA) is 72.4 Å². The third-order valence-electron chi connectivity index (χ3n) is 4.30. The molecular weight excluding hydrogens is 294 g/mol. The minimum absolute atomic E-state index is 0.0679. The summed E-state index contributed by atoms with van der Waals surface area (Å²) in [6, 6.07) is 3.63. The molecule has 2 aromatic heterocycles. The molecule has 0 saturated carbocycles. The van der Waals surface area contributed by atoms with E-state index in [1.54, 1.807) is 6.07 Å². The van der Waals surface area contributed by atoms with Crippen LogP contribution in [0.4, 0.5) is 0 Å². The summed E-state index contributed by atoms with van der Waals surface area (Å²) in [6.45, 7) is 8.86. The lowest BCUT2D eigenvalue weighted by Crippen LogP contribution is -2.30. The smallest absolute Gasteiger partial charge is 0.276 e. The third-order valence-corrected chi connectivity index (χ3v) is 4.30. The fourth-order valence-electron chi connectivity index (χ4n) is 2.85. The first-order valence-corrected chi connectivity index (χ1v) is 8.21. The molecule has 1 aliphatic rings. The first-order valence-electron chi connectivity index (χ1n) is 8.21. The number of carbonyl (C=O) groups excluding carboxylic acids is 1. The Morgan fingerprint density at radius 1 is 1.17 bits per heavy atom. The van der Waals surface area contributed by atoms with Crippen LogP contribution in [0.15, 0.2) is 21.2 Å². The van der Waals surface area contributed by atoms with Crippen molar-refractivity contribution in [2.45, 2.75) is 58.4 Å². The van der Waals surface area contributed by atoms with Gasteiger partial charge in [0.25, 0.3) is 5.91 Å². The highest BCUT2D eigenvalue weighted by Crippen LogP contribution is 2.34. The zero-order valence-electron chi connectivity index (χ0n) is 14.1. The van der Waals surface area contributed by atoms with Crippen molar-refractivity contribution < 1.29 is 13.8 Å². The van der Waals surface area contributed by atoms with Gasteiger partial charge in [0.2, 0.25) is 0 Å². The SMILES string of the molecule is CC(C)c1cc(C2CCCN2C(=O)c2cc(C(C)C)on2)on1. The van der Waals surface area contributed by atoms with Crippen molar-refractivity contribution in [3.8, 4) is 0 Å². The van der Waals surface area contributed by atoms with Gasteiger partial charge in [0, 0.05) is 24.6 Å². The monoisotopic (exact) mass is 317 g/mol. The molecule has 3 rings (SSSR count). The van der Waals surface area contributed by atoms with E-state index in [2.05, 4.69) is 24.2 Å². The van der Waals surface area contributed by atoms with Crippen LogP contribution in [0.1, 0.15) is 86.1 Å². The lowest BCUT2D eigenvalue weighted by Gasteiger charge is -2.21. The van der Waals surface area contributed by atoms with E-state index in [0.29, 0.717) is 18.2 Å². The molecule has 2 aromatic rings. The van der Waals surface area contributed by atoms with Gasteiger partial charge in [0.05, 0.1) is 11.7 Å². The normalized spacial score (nSPS) is 18.3. The highest BCUT2D eigenvalue weighted by molar-refractivity contribution is 5.92. The summed E-state index contributed by atoms with van der Waals surface area (Å²) in [5.74, 6) is 1.90. The van der Waals surface area contributed by atoms with E-state index >= 15 is 0 Å². The van der Waals surface area contributed by atoms with Crippen LogP contribution < -0.4 is 0 Å². The van der Waals surface area contributed by atoms with Gasteiger partial charge in [-0.05, 0) is 18.8 Å².